The average molecular weight is 386 g/mol. The maximum Gasteiger partial charge on any atom is 0.251 e. The van der Waals surface area contributed by atoms with Crippen LogP contribution in [0.1, 0.15) is 30.7 Å². The highest BCUT2D eigenvalue weighted by molar-refractivity contribution is 7.89. The smallest absolute Gasteiger partial charge is 0.251 e. The molecule has 0 aliphatic carbocycles. The van der Waals surface area contributed by atoms with Crippen molar-refractivity contribution in [2.45, 2.75) is 50.2 Å². The largest absolute Gasteiger partial charge is 0.364 e. The van der Waals surface area contributed by atoms with Gasteiger partial charge in [-0.3, -0.25) is 4.79 Å². The Hall–Kier alpha value is -1.49. The molecule has 146 valence electrons. The van der Waals surface area contributed by atoms with Crippen LogP contribution in [0.15, 0.2) is 9.42 Å². The van der Waals surface area contributed by atoms with E-state index in [1.165, 1.54) is 4.31 Å². The van der Waals surface area contributed by atoms with Gasteiger partial charge in [0.2, 0.25) is 10.0 Å². The summed E-state index contributed by atoms with van der Waals surface area (Å²) in [6.07, 6.45) is 1.49. The van der Waals surface area contributed by atoms with Crippen molar-refractivity contribution in [2.75, 3.05) is 32.7 Å². The first-order chi connectivity index (χ1) is 12.3. The molecule has 1 aromatic heterocycles. The van der Waals surface area contributed by atoms with E-state index in [-0.39, 0.29) is 29.2 Å². The van der Waals surface area contributed by atoms with Gasteiger partial charge in [0.15, 0.2) is 5.76 Å². The number of rotatable bonds is 4. The number of sulfonamides is 1. The van der Waals surface area contributed by atoms with E-state index in [2.05, 4.69) is 5.16 Å². The molecule has 1 amide bonds. The monoisotopic (exact) mass is 386 g/mol. The van der Waals surface area contributed by atoms with Gasteiger partial charge in [-0.05, 0) is 33.1 Å². The number of amides is 1. The van der Waals surface area contributed by atoms with Crippen LogP contribution in [0.5, 0.6) is 0 Å². The molecule has 0 aromatic carbocycles. The van der Waals surface area contributed by atoms with Gasteiger partial charge in [0.25, 0.3) is 5.91 Å². The lowest BCUT2D eigenvalue weighted by molar-refractivity contribution is -0.142. The van der Waals surface area contributed by atoms with Crippen LogP contribution in [-0.4, -0.2) is 73.6 Å². The van der Waals surface area contributed by atoms with Crippen molar-refractivity contribution in [3.63, 3.8) is 0 Å². The zero-order valence-electron chi connectivity index (χ0n) is 15.2. The minimum absolute atomic E-state index is 0.0626. The Bertz CT molecular complexity index is 743. The topological polar surface area (TPSA) is 119 Å². The number of carbonyl (C=O) groups is 1. The van der Waals surface area contributed by atoms with Gasteiger partial charge in [-0.25, -0.2) is 8.42 Å². The molecule has 10 heteroatoms. The second-order valence-corrected chi connectivity index (χ2v) is 8.67. The Morgan fingerprint density at radius 2 is 2.00 bits per heavy atom. The molecule has 0 bridgehead atoms. The highest BCUT2D eigenvalue weighted by Crippen LogP contribution is 2.25. The standard InChI is InChI=1S/C16H26N4O5S/c1-11-15(12(2)25-18-11)26(22,23)20-7-3-6-19(8-9-20)16(21)14-5-4-13(10-17)24-14/h13-14H,3-10,17H2,1-2H3/t13-,14+/m1/s1. The zero-order chi connectivity index (χ0) is 18.9. The van der Waals surface area contributed by atoms with Crippen LogP contribution in [0.25, 0.3) is 0 Å². The molecule has 0 unspecified atom stereocenters. The lowest BCUT2D eigenvalue weighted by atomic mass is 10.2. The van der Waals surface area contributed by atoms with Crippen LogP contribution >= 0.6 is 0 Å². The van der Waals surface area contributed by atoms with Gasteiger partial charge < -0.3 is 19.9 Å². The summed E-state index contributed by atoms with van der Waals surface area (Å²) in [4.78, 5) is 14.5. The van der Waals surface area contributed by atoms with Crippen LogP contribution in [-0.2, 0) is 19.6 Å². The summed E-state index contributed by atoms with van der Waals surface area (Å²) in [7, 11) is -3.69. The summed E-state index contributed by atoms with van der Waals surface area (Å²) in [5, 5.41) is 3.74. The molecular formula is C16H26N4O5S. The van der Waals surface area contributed by atoms with Gasteiger partial charge >= 0.3 is 0 Å². The van der Waals surface area contributed by atoms with Crippen LogP contribution in [0.4, 0.5) is 0 Å². The fourth-order valence-corrected chi connectivity index (χ4v) is 5.35. The molecule has 2 saturated heterocycles. The van der Waals surface area contributed by atoms with Crippen molar-refractivity contribution >= 4 is 15.9 Å². The van der Waals surface area contributed by atoms with E-state index in [4.69, 9.17) is 15.0 Å². The SMILES string of the molecule is Cc1noc(C)c1S(=O)(=O)N1CCCN(C(=O)[C@@H]2CC[C@H](CN)O2)CC1. The van der Waals surface area contributed by atoms with Crippen LogP contribution in [0, 0.1) is 13.8 Å². The first-order valence-corrected chi connectivity index (χ1v) is 10.4. The van der Waals surface area contributed by atoms with Gasteiger partial charge in [0, 0.05) is 32.7 Å². The Morgan fingerprint density at radius 3 is 2.62 bits per heavy atom. The van der Waals surface area contributed by atoms with Crippen molar-refractivity contribution < 1.29 is 22.5 Å². The first kappa shape index (κ1) is 19.3. The Kier molecular flexibility index (Phi) is 5.66. The number of hydrogen-bond donors (Lipinski definition) is 1. The molecule has 9 nitrogen and oxygen atoms in total. The van der Waals surface area contributed by atoms with E-state index >= 15 is 0 Å². The normalized spacial score (nSPS) is 25.4. The molecule has 2 aliphatic rings. The molecule has 0 saturated carbocycles. The number of carbonyl (C=O) groups excluding carboxylic acids is 1. The van der Waals surface area contributed by atoms with E-state index in [0.29, 0.717) is 44.7 Å². The minimum Gasteiger partial charge on any atom is -0.364 e. The molecule has 3 rings (SSSR count). The number of aromatic nitrogens is 1. The van der Waals surface area contributed by atoms with Crippen molar-refractivity contribution in [1.29, 1.82) is 0 Å². The molecule has 2 atom stereocenters. The lowest BCUT2D eigenvalue weighted by Gasteiger charge is -2.24. The van der Waals surface area contributed by atoms with E-state index < -0.39 is 16.1 Å². The molecule has 2 N–H and O–H groups in total. The van der Waals surface area contributed by atoms with E-state index in [9.17, 15) is 13.2 Å². The van der Waals surface area contributed by atoms with Crippen molar-refractivity contribution in [1.82, 2.24) is 14.4 Å². The number of nitrogens with two attached hydrogens (primary N) is 1. The fourth-order valence-electron chi connectivity index (χ4n) is 3.59. The number of ether oxygens (including phenoxy) is 1. The third-order valence-electron chi connectivity index (χ3n) is 4.98. The molecule has 0 radical (unpaired) electrons. The van der Waals surface area contributed by atoms with Crippen molar-refractivity contribution in [2.24, 2.45) is 5.73 Å². The summed E-state index contributed by atoms with van der Waals surface area (Å²) in [5.74, 6) is 0.212. The van der Waals surface area contributed by atoms with E-state index in [0.717, 1.165) is 6.42 Å². The third-order valence-corrected chi connectivity index (χ3v) is 7.12. The summed E-state index contributed by atoms with van der Waals surface area (Å²) < 4.78 is 38.0. The molecule has 2 fully saturated rings. The lowest BCUT2D eigenvalue weighted by Crippen LogP contribution is -2.42. The summed E-state index contributed by atoms with van der Waals surface area (Å²) in [6, 6.07) is 0. The molecule has 1 aromatic rings. The molecule has 26 heavy (non-hydrogen) atoms. The van der Waals surface area contributed by atoms with Gasteiger partial charge in [0.05, 0.1) is 6.10 Å². The highest BCUT2D eigenvalue weighted by Gasteiger charge is 2.36. The second kappa shape index (κ2) is 7.63. The van der Waals surface area contributed by atoms with Crippen molar-refractivity contribution in [3.8, 4) is 0 Å². The maximum absolute atomic E-state index is 12.9. The first-order valence-electron chi connectivity index (χ1n) is 8.92. The second-order valence-electron chi connectivity index (χ2n) is 6.80. The van der Waals surface area contributed by atoms with Crippen molar-refractivity contribution in [3.05, 3.63) is 11.5 Å². The number of hydrogen-bond acceptors (Lipinski definition) is 7. The van der Waals surface area contributed by atoms with Gasteiger partial charge in [-0.15, -0.1) is 0 Å². The third kappa shape index (κ3) is 3.64. The Labute approximate surface area is 153 Å². The minimum atomic E-state index is -3.69. The van der Waals surface area contributed by atoms with Crippen LogP contribution in [0.2, 0.25) is 0 Å². The van der Waals surface area contributed by atoms with Crippen LogP contribution in [0.3, 0.4) is 0 Å². The quantitative estimate of drug-likeness (QED) is 0.775. The summed E-state index contributed by atoms with van der Waals surface area (Å²) in [5.41, 5.74) is 5.95. The van der Waals surface area contributed by atoms with E-state index in [1.807, 2.05) is 0 Å². The van der Waals surface area contributed by atoms with E-state index in [1.54, 1.807) is 18.7 Å². The predicted molar refractivity (Wildman–Crippen MR) is 92.9 cm³/mol. The Balaban J connectivity index is 1.68. The highest BCUT2D eigenvalue weighted by atomic mass is 32.2. The van der Waals surface area contributed by atoms with Crippen LogP contribution < -0.4 is 5.73 Å². The molecule has 0 spiro atoms. The molecular weight excluding hydrogens is 360 g/mol. The number of nitrogens with zero attached hydrogens (tertiary/aromatic N) is 3. The molecule has 3 heterocycles. The predicted octanol–water partition coefficient (Wildman–Crippen LogP) is 0.0207. The fraction of sp³-hybridized carbons (Fsp3) is 0.750. The Morgan fingerprint density at radius 1 is 1.23 bits per heavy atom. The van der Waals surface area contributed by atoms with Gasteiger partial charge in [-0.1, -0.05) is 5.16 Å². The zero-order valence-corrected chi connectivity index (χ0v) is 16.0. The van der Waals surface area contributed by atoms with Gasteiger partial charge in [0.1, 0.15) is 16.7 Å². The molecule has 2 aliphatic heterocycles. The maximum atomic E-state index is 12.9. The summed E-state index contributed by atoms with van der Waals surface area (Å²) in [6.45, 7) is 5.06. The summed E-state index contributed by atoms with van der Waals surface area (Å²) >= 11 is 0. The average Bonchev–Trinajstić information content (AvgIpc) is 3.12. The van der Waals surface area contributed by atoms with Gasteiger partial charge in [-0.2, -0.15) is 4.31 Å². The number of aryl methyl sites for hydroxylation is 2.